The Morgan fingerprint density at radius 2 is 1.69 bits per heavy atom. The maximum Gasteiger partial charge on any atom is 0.161 e. The summed E-state index contributed by atoms with van der Waals surface area (Å²) in [5, 5.41) is 0.781. The first-order chi connectivity index (χ1) is 26.6. The summed E-state index contributed by atoms with van der Waals surface area (Å²) in [4.78, 5) is 27.6. The molecule has 5 aromatic rings. The molecule has 2 aromatic heterocycles. The van der Waals surface area contributed by atoms with Crippen LogP contribution in [0.3, 0.4) is 0 Å². The Morgan fingerprint density at radius 3 is 2.44 bits per heavy atom. The largest absolute Gasteiger partial charge is 0.493 e. The summed E-state index contributed by atoms with van der Waals surface area (Å²) in [5.74, 6) is 3.17. The summed E-state index contributed by atoms with van der Waals surface area (Å²) in [6.07, 6.45) is 9.25. The van der Waals surface area contributed by atoms with Crippen molar-refractivity contribution in [3.05, 3.63) is 107 Å². The lowest BCUT2D eigenvalue weighted by atomic mass is 9.56. The van der Waals surface area contributed by atoms with Crippen LogP contribution in [0.4, 0.5) is 5.69 Å². The van der Waals surface area contributed by atoms with E-state index in [-0.39, 0.29) is 5.34 Å². The van der Waals surface area contributed by atoms with Gasteiger partial charge in [0, 0.05) is 68.1 Å². The fourth-order valence-electron chi connectivity index (χ4n) is 9.59. The maximum absolute atomic E-state index is 12.0. The smallest absolute Gasteiger partial charge is 0.161 e. The first-order valence-corrected chi connectivity index (χ1v) is 19.9. The number of methoxy groups -OCH3 is 2. The molecule has 1 aliphatic carbocycles. The number of carbonyl (C=O) groups excluding carboxylic acids is 1. The standard InChI is InChI=1S/C44H53B2N5O4/c1-29(2)36-7-5-6-8-37(36)38-27-50(44(45,46)32-10-12-39(53-3)41(22-32)54-4)19-20-51(38)34-24-43(25-34)14-17-49(18-15-43)33-11-9-31(28-52)40(23-33)55-35-21-30-13-16-47-42(30)48-26-35/h5-13,16,21-23,26,28-29,34,38H,14-15,17-20,24-25,27,45-46H2,1-4H3,(H,47,48). The summed E-state index contributed by atoms with van der Waals surface area (Å²) in [6.45, 7) is 9.66. The molecule has 8 rings (SSSR count). The highest BCUT2D eigenvalue weighted by atomic mass is 16.5. The lowest BCUT2D eigenvalue weighted by Crippen LogP contribution is -2.63. The second-order valence-corrected chi connectivity index (χ2v) is 16.7. The number of nitrogens with zero attached hydrogens (tertiary/aromatic N) is 4. The minimum atomic E-state index is -0.189. The summed E-state index contributed by atoms with van der Waals surface area (Å²) in [6, 6.07) is 26.3. The van der Waals surface area contributed by atoms with Crippen LogP contribution in [0.15, 0.2) is 85.2 Å². The number of aromatic amines is 1. The number of pyridine rings is 1. The van der Waals surface area contributed by atoms with E-state index in [0.29, 0.717) is 40.5 Å². The fourth-order valence-corrected chi connectivity index (χ4v) is 9.59. The van der Waals surface area contributed by atoms with E-state index in [1.54, 1.807) is 20.4 Å². The highest BCUT2D eigenvalue weighted by Crippen LogP contribution is 2.53. The van der Waals surface area contributed by atoms with Gasteiger partial charge < -0.3 is 29.0 Å². The average Bonchev–Trinajstić information content (AvgIpc) is 3.67. The van der Waals surface area contributed by atoms with E-state index in [2.05, 4.69) is 96.7 Å². The third-order valence-electron chi connectivity index (χ3n) is 13.0. The highest BCUT2D eigenvalue weighted by molar-refractivity contribution is 6.39. The van der Waals surface area contributed by atoms with Gasteiger partial charge in [0.2, 0.25) is 0 Å². The van der Waals surface area contributed by atoms with Gasteiger partial charge in [-0.3, -0.25) is 9.69 Å². The molecule has 2 saturated heterocycles. The first kappa shape index (κ1) is 37.2. The Morgan fingerprint density at radius 1 is 0.909 bits per heavy atom. The van der Waals surface area contributed by atoms with Gasteiger partial charge in [-0.15, -0.1) is 0 Å². The second kappa shape index (κ2) is 15.1. The molecule has 0 amide bonds. The Labute approximate surface area is 327 Å². The Balaban J connectivity index is 0.968. The summed E-state index contributed by atoms with van der Waals surface area (Å²) in [5.41, 5.74) is 6.98. The molecule has 284 valence electrons. The number of hydrogen-bond acceptors (Lipinski definition) is 8. The zero-order valence-electron chi connectivity index (χ0n) is 33.2. The average molecular weight is 738 g/mol. The van der Waals surface area contributed by atoms with Gasteiger partial charge in [0.1, 0.15) is 32.8 Å². The zero-order chi connectivity index (χ0) is 38.3. The number of rotatable bonds is 11. The van der Waals surface area contributed by atoms with Gasteiger partial charge in [-0.1, -0.05) is 44.2 Å². The van der Waals surface area contributed by atoms with Crippen LogP contribution in [0.25, 0.3) is 11.0 Å². The van der Waals surface area contributed by atoms with Crippen LogP contribution in [-0.2, 0) is 5.34 Å². The number of hydrogen-bond donors (Lipinski definition) is 1. The van der Waals surface area contributed by atoms with Crippen LogP contribution in [0, 0.1) is 5.41 Å². The topological polar surface area (TPSA) is 83.2 Å². The number of aldehydes is 1. The van der Waals surface area contributed by atoms with E-state index in [1.807, 2.05) is 36.5 Å². The van der Waals surface area contributed by atoms with Gasteiger partial charge in [0.25, 0.3) is 0 Å². The van der Waals surface area contributed by atoms with Crippen molar-refractivity contribution in [1.82, 2.24) is 19.8 Å². The van der Waals surface area contributed by atoms with Crippen LogP contribution in [-0.4, -0.2) is 94.7 Å². The molecule has 1 N–H and O–H groups in total. The van der Waals surface area contributed by atoms with Gasteiger partial charge in [-0.25, -0.2) is 4.98 Å². The molecule has 2 aliphatic heterocycles. The highest BCUT2D eigenvalue weighted by Gasteiger charge is 2.50. The lowest BCUT2D eigenvalue weighted by Gasteiger charge is -2.59. The Bertz CT molecular complexity index is 2160. The van der Waals surface area contributed by atoms with Crippen molar-refractivity contribution in [2.24, 2.45) is 5.41 Å². The lowest BCUT2D eigenvalue weighted by molar-refractivity contribution is -0.0661. The summed E-state index contributed by atoms with van der Waals surface area (Å²) in [7, 11) is 8.10. The van der Waals surface area contributed by atoms with E-state index in [1.165, 1.54) is 42.4 Å². The number of nitrogens with one attached hydrogen (secondary N) is 1. The molecule has 3 aliphatic rings. The van der Waals surface area contributed by atoms with Crippen LogP contribution in [0.2, 0.25) is 0 Å². The zero-order valence-corrected chi connectivity index (χ0v) is 33.2. The first-order valence-electron chi connectivity index (χ1n) is 19.9. The molecule has 11 heteroatoms. The van der Waals surface area contributed by atoms with Gasteiger partial charge in [0.05, 0.1) is 26.0 Å². The van der Waals surface area contributed by atoms with E-state index >= 15 is 0 Å². The number of fused-ring (bicyclic) bond motifs is 1. The monoisotopic (exact) mass is 737 g/mol. The van der Waals surface area contributed by atoms with Gasteiger partial charge in [-0.05, 0) is 95.4 Å². The molecular weight excluding hydrogens is 684 g/mol. The molecule has 1 spiro atoms. The van der Waals surface area contributed by atoms with Gasteiger partial charge in [-0.2, -0.15) is 0 Å². The Hall–Kier alpha value is -4.73. The fraction of sp³-hybridized carbons (Fsp3) is 0.409. The van der Waals surface area contributed by atoms with Crippen molar-refractivity contribution in [2.75, 3.05) is 51.8 Å². The van der Waals surface area contributed by atoms with Crippen molar-refractivity contribution >= 4 is 38.7 Å². The Kier molecular flexibility index (Phi) is 10.2. The van der Waals surface area contributed by atoms with E-state index in [9.17, 15) is 4.79 Å². The quantitative estimate of drug-likeness (QED) is 0.122. The predicted octanol–water partition coefficient (Wildman–Crippen LogP) is 6.49. The number of benzene rings is 3. The molecule has 1 saturated carbocycles. The number of piperidine rings is 1. The predicted molar refractivity (Wildman–Crippen MR) is 225 cm³/mol. The van der Waals surface area contributed by atoms with E-state index < -0.39 is 0 Å². The number of anilines is 1. The number of piperazine rings is 1. The summed E-state index contributed by atoms with van der Waals surface area (Å²) >= 11 is 0. The third kappa shape index (κ3) is 7.13. The third-order valence-corrected chi connectivity index (χ3v) is 13.0. The molecule has 1 atom stereocenters. The van der Waals surface area contributed by atoms with Crippen molar-refractivity contribution in [1.29, 1.82) is 0 Å². The van der Waals surface area contributed by atoms with Crippen LogP contribution in [0.1, 0.15) is 78.5 Å². The van der Waals surface area contributed by atoms with E-state index in [4.69, 9.17) is 14.2 Å². The van der Waals surface area contributed by atoms with Crippen LogP contribution < -0.4 is 19.1 Å². The molecule has 0 radical (unpaired) electrons. The molecule has 9 nitrogen and oxygen atoms in total. The number of H-pyrrole nitrogens is 1. The molecule has 3 aromatic carbocycles. The maximum atomic E-state index is 12.0. The minimum absolute atomic E-state index is 0.189. The summed E-state index contributed by atoms with van der Waals surface area (Å²) < 4.78 is 17.5. The van der Waals surface area contributed by atoms with Gasteiger partial charge in [0.15, 0.2) is 17.8 Å². The van der Waals surface area contributed by atoms with Crippen molar-refractivity contribution in [3.63, 3.8) is 0 Å². The number of carbonyl (C=O) groups is 1. The van der Waals surface area contributed by atoms with Crippen molar-refractivity contribution < 1.29 is 19.0 Å². The van der Waals surface area contributed by atoms with Crippen LogP contribution in [0.5, 0.6) is 23.0 Å². The number of ether oxygens (including phenoxy) is 3. The molecule has 3 fully saturated rings. The van der Waals surface area contributed by atoms with Crippen LogP contribution >= 0.6 is 0 Å². The van der Waals surface area contributed by atoms with Gasteiger partial charge >= 0.3 is 0 Å². The van der Waals surface area contributed by atoms with Crippen molar-refractivity contribution in [3.8, 4) is 23.0 Å². The number of aromatic nitrogens is 2. The molecule has 0 bridgehead atoms. The second-order valence-electron chi connectivity index (χ2n) is 16.7. The normalized spacial score (nSPS) is 19.4. The SMILES string of the molecule is BC(B)(c1ccc(OC)c(OC)c1)N1CCN(C2CC3(CCN(c4ccc(C=O)c(Oc5cnc6[nH]ccc6c5)c4)CC3)C2)C(c2ccccc2C(C)C)C1. The van der Waals surface area contributed by atoms with Crippen molar-refractivity contribution in [2.45, 2.75) is 62.9 Å². The molecule has 1 unspecified atom stereocenters. The minimum Gasteiger partial charge on any atom is -0.493 e. The van der Waals surface area contributed by atoms with E-state index in [0.717, 1.165) is 67.2 Å². The molecular formula is C44H53B2N5O4. The molecule has 4 heterocycles. The molecule has 55 heavy (non-hydrogen) atoms.